The van der Waals surface area contributed by atoms with Crippen molar-refractivity contribution in [1.82, 2.24) is 5.16 Å². The standard InChI is InChI=1S/C20H25NO3/c1-20(2,3)16-10-8-14(9-11-16)18-12-17(24-21-18)13-23-19(22)15-6-4-5-7-15/h8-12,15H,4-7,13H2,1-3H3. The Labute approximate surface area is 143 Å². The van der Waals surface area contributed by atoms with Gasteiger partial charge in [0.25, 0.3) is 0 Å². The van der Waals surface area contributed by atoms with Gasteiger partial charge < -0.3 is 9.26 Å². The Hall–Kier alpha value is -2.10. The van der Waals surface area contributed by atoms with Gasteiger partial charge in [-0.1, -0.05) is 63.0 Å². The lowest BCUT2D eigenvalue weighted by Gasteiger charge is -2.18. The molecule has 0 bridgehead atoms. The van der Waals surface area contributed by atoms with Crippen LogP contribution in [0.2, 0.25) is 0 Å². The van der Waals surface area contributed by atoms with Crippen molar-refractivity contribution in [2.45, 2.75) is 58.5 Å². The summed E-state index contributed by atoms with van der Waals surface area (Å²) in [6.45, 7) is 6.72. The van der Waals surface area contributed by atoms with Crippen molar-refractivity contribution in [2.24, 2.45) is 5.92 Å². The Morgan fingerprint density at radius 3 is 2.50 bits per heavy atom. The molecule has 128 valence electrons. The summed E-state index contributed by atoms with van der Waals surface area (Å²) in [6.07, 6.45) is 4.13. The number of hydrogen-bond acceptors (Lipinski definition) is 4. The van der Waals surface area contributed by atoms with Crippen LogP contribution < -0.4 is 0 Å². The zero-order chi connectivity index (χ0) is 17.2. The van der Waals surface area contributed by atoms with Crippen molar-refractivity contribution in [3.8, 4) is 11.3 Å². The van der Waals surface area contributed by atoms with Crippen molar-refractivity contribution >= 4 is 5.97 Å². The van der Waals surface area contributed by atoms with E-state index in [0.717, 1.165) is 36.9 Å². The summed E-state index contributed by atoms with van der Waals surface area (Å²) >= 11 is 0. The second-order valence-electron chi connectivity index (χ2n) is 7.59. The van der Waals surface area contributed by atoms with Crippen LogP contribution in [0.4, 0.5) is 0 Å². The molecule has 3 rings (SSSR count). The third-order valence-corrected chi connectivity index (χ3v) is 4.65. The van der Waals surface area contributed by atoms with Crippen LogP contribution in [-0.2, 0) is 21.6 Å². The molecule has 0 spiro atoms. The topological polar surface area (TPSA) is 52.3 Å². The van der Waals surface area contributed by atoms with Gasteiger partial charge in [-0.2, -0.15) is 0 Å². The van der Waals surface area contributed by atoms with Crippen LogP contribution in [-0.4, -0.2) is 11.1 Å². The molecule has 0 amide bonds. The third-order valence-electron chi connectivity index (χ3n) is 4.65. The molecule has 0 radical (unpaired) electrons. The minimum atomic E-state index is -0.111. The van der Waals surface area contributed by atoms with Gasteiger partial charge in [0, 0.05) is 11.6 Å². The summed E-state index contributed by atoms with van der Waals surface area (Å²) in [5.41, 5.74) is 3.17. The molecule has 0 saturated heterocycles. The highest BCUT2D eigenvalue weighted by molar-refractivity contribution is 5.72. The summed E-state index contributed by atoms with van der Waals surface area (Å²) in [5, 5.41) is 4.09. The van der Waals surface area contributed by atoms with Crippen LogP contribution >= 0.6 is 0 Å². The molecule has 1 saturated carbocycles. The highest BCUT2D eigenvalue weighted by Gasteiger charge is 2.24. The van der Waals surface area contributed by atoms with Crippen molar-refractivity contribution in [3.05, 3.63) is 41.7 Å². The Morgan fingerprint density at radius 2 is 1.88 bits per heavy atom. The maximum absolute atomic E-state index is 11.9. The predicted molar refractivity (Wildman–Crippen MR) is 92.4 cm³/mol. The average molecular weight is 327 g/mol. The molecule has 2 aromatic rings. The first-order valence-corrected chi connectivity index (χ1v) is 8.66. The Kier molecular flexibility index (Phi) is 4.74. The van der Waals surface area contributed by atoms with Crippen LogP contribution in [0, 0.1) is 5.92 Å². The van der Waals surface area contributed by atoms with E-state index < -0.39 is 0 Å². The largest absolute Gasteiger partial charge is 0.457 e. The quantitative estimate of drug-likeness (QED) is 0.752. The summed E-state index contributed by atoms with van der Waals surface area (Å²) < 4.78 is 10.7. The first-order valence-electron chi connectivity index (χ1n) is 8.66. The minimum Gasteiger partial charge on any atom is -0.457 e. The number of esters is 1. The molecule has 1 aliphatic rings. The summed E-state index contributed by atoms with van der Waals surface area (Å²) in [6, 6.07) is 10.2. The van der Waals surface area contributed by atoms with Gasteiger partial charge >= 0.3 is 5.97 Å². The summed E-state index contributed by atoms with van der Waals surface area (Å²) in [5.74, 6) is 0.536. The number of carbonyl (C=O) groups is 1. The third kappa shape index (κ3) is 3.86. The van der Waals surface area contributed by atoms with E-state index in [9.17, 15) is 4.79 Å². The predicted octanol–water partition coefficient (Wildman–Crippen LogP) is 4.87. The minimum absolute atomic E-state index is 0.0670. The highest BCUT2D eigenvalue weighted by Crippen LogP contribution is 2.27. The number of nitrogens with zero attached hydrogens (tertiary/aromatic N) is 1. The van der Waals surface area contributed by atoms with Crippen LogP contribution in [0.3, 0.4) is 0 Å². The molecule has 0 unspecified atom stereocenters. The number of benzene rings is 1. The van der Waals surface area contributed by atoms with E-state index >= 15 is 0 Å². The first-order chi connectivity index (χ1) is 11.4. The van der Waals surface area contributed by atoms with E-state index in [2.05, 4.69) is 38.1 Å². The fourth-order valence-electron chi connectivity index (χ4n) is 3.08. The fourth-order valence-corrected chi connectivity index (χ4v) is 3.08. The number of aromatic nitrogens is 1. The van der Waals surface area contributed by atoms with E-state index in [-0.39, 0.29) is 23.9 Å². The number of rotatable bonds is 4. The van der Waals surface area contributed by atoms with Crippen molar-refractivity contribution in [1.29, 1.82) is 0 Å². The molecule has 1 aliphatic carbocycles. The molecule has 0 atom stereocenters. The van der Waals surface area contributed by atoms with Crippen molar-refractivity contribution in [3.63, 3.8) is 0 Å². The first kappa shape index (κ1) is 16.7. The smallest absolute Gasteiger partial charge is 0.309 e. The molecule has 1 fully saturated rings. The van der Waals surface area contributed by atoms with Crippen LogP contribution in [0.15, 0.2) is 34.9 Å². The van der Waals surface area contributed by atoms with Gasteiger partial charge in [0.1, 0.15) is 5.69 Å². The highest BCUT2D eigenvalue weighted by atomic mass is 16.5. The molecular formula is C20H25NO3. The second kappa shape index (κ2) is 6.80. The molecule has 0 N–H and O–H groups in total. The van der Waals surface area contributed by atoms with Crippen LogP contribution in [0.5, 0.6) is 0 Å². The Bertz CT molecular complexity index is 688. The molecule has 0 aliphatic heterocycles. The van der Waals surface area contributed by atoms with Gasteiger partial charge in [-0.3, -0.25) is 4.79 Å². The van der Waals surface area contributed by atoms with Gasteiger partial charge in [0.05, 0.1) is 5.92 Å². The van der Waals surface area contributed by atoms with Crippen molar-refractivity contribution in [2.75, 3.05) is 0 Å². The maximum atomic E-state index is 11.9. The lowest BCUT2D eigenvalue weighted by atomic mass is 9.86. The van der Waals surface area contributed by atoms with Gasteiger partial charge in [0.15, 0.2) is 12.4 Å². The van der Waals surface area contributed by atoms with E-state index in [4.69, 9.17) is 9.26 Å². The second-order valence-corrected chi connectivity index (χ2v) is 7.59. The zero-order valence-corrected chi connectivity index (χ0v) is 14.7. The lowest BCUT2D eigenvalue weighted by molar-refractivity contribution is -0.150. The molecule has 24 heavy (non-hydrogen) atoms. The van der Waals surface area contributed by atoms with E-state index in [1.807, 2.05) is 18.2 Å². The molecule has 1 aromatic heterocycles. The number of hydrogen-bond donors (Lipinski definition) is 0. The number of ether oxygens (including phenoxy) is 1. The zero-order valence-electron chi connectivity index (χ0n) is 14.7. The average Bonchev–Trinajstić information content (AvgIpc) is 3.23. The molecule has 4 nitrogen and oxygen atoms in total. The molecule has 1 aromatic carbocycles. The normalized spacial score (nSPS) is 15.6. The van der Waals surface area contributed by atoms with Gasteiger partial charge in [0.2, 0.25) is 0 Å². The van der Waals surface area contributed by atoms with Crippen LogP contribution in [0.1, 0.15) is 57.8 Å². The maximum Gasteiger partial charge on any atom is 0.309 e. The molecule has 4 heteroatoms. The lowest BCUT2D eigenvalue weighted by Crippen LogP contribution is -2.14. The van der Waals surface area contributed by atoms with Crippen LogP contribution in [0.25, 0.3) is 11.3 Å². The molecule has 1 heterocycles. The van der Waals surface area contributed by atoms with Gasteiger partial charge in [-0.15, -0.1) is 0 Å². The Morgan fingerprint density at radius 1 is 1.21 bits per heavy atom. The van der Waals surface area contributed by atoms with E-state index in [0.29, 0.717) is 5.76 Å². The van der Waals surface area contributed by atoms with Gasteiger partial charge in [-0.05, 0) is 23.8 Å². The monoisotopic (exact) mass is 327 g/mol. The molecular weight excluding hydrogens is 302 g/mol. The van der Waals surface area contributed by atoms with E-state index in [1.165, 1.54) is 5.56 Å². The Balaban J connectivity index is 1.61. The van der Waals surface area contributed by atoms with E-state index in [1.54, 1.807) is 0 Å². The SMILES string of the molecule is CC(C)(C)c1ccc(-c2cc(COC(=O)C3CCCC3)on2)cc1. The summed E-state index contributed by atoms with van der Waals surface area (Å²) in [7, 11) is 0. The van der Waals surface area contributed by atoms with Gasteiger partial charge in [-0.25, -0.2) is 0 Å². The number of carbonyl (C=O) groups excluding carboxylic acids is 1. The fraction of sp³-hybridized carbons (Fsp3) is 0.500. The summed E-state index contributed by atoms with van der Waals surface area (Å²) in [4.78, 5) is 11.9. The van der Waals surface area contributed by atoms with Crippen molar-refractivity contribution < 1.29 is 14.1 Å².